The zero-order chi connectivity index (χ0) is 19.6. The Kier molecular flexibility index (Phi) is 4.69. The molecule has 1 saturated heterocycles. The van der Waals surface area contributed by atoms with E-state index in [0.717, 1.165) is 42.9 Å². The molecule has 0 amide bonds. The van der Waals surface area contributed by atoms with Crippen LogP contribution in [0.4, 0.5) is 0 Å². The number of fused-ring (bicyclic) bond motifs is 1. The summed E-state index contributed by atoms with van der Waals surface area (Å²) >= 11 is 0. The zero-order valence-corrected chi connectivity index (χ0v) is 16.3. The van der Waals surface area contributed by atoms with Crippen LogP contribution in [0.2, 0.25) is 0 Å². The van der Waals surface area contributed by atoms with Crippen LogP contribution in [0.25, 0.3) is 22.3 Å². The summed E-state index contributed by atoms with van der Waals surface area (Å²) in [6.07, 6.45) is 2.87. The molecular formula is C23H22N4O2. The molecule has 6 nitrogen and oxygen atoms in total. The van der Waals surface area contributed by atoms with Gasteiger partial charge in [-0.05, 0) is 36.7 Å². The van der Waals surface area contributed by atoms with Crippen LogP contribution >= 0.6 is 0 Å². The molecule has 2 aromatic heterocycles. The van der Waals surface area contributed by atoms with Crippen LogP contribution in [0.3, 0.4) is 0 Å². The molecule has 5 rings (SSSR count). The number of likely N-dealkylation sites (tertiary alicyclic amines) is 1. The van der Waals surface area contributed by atoms with E-state index in [1.165, 1.54) is 10.9 Å². The van der Waals surface area contributed by atoms with E-state index in [2.05, 4.69) is 44.3 Å². The maximum Gasteiger partial charge on any atom is 0.231 e. The summed E-state index contributed by atoms with van der Waals surface area (Å²) in [4.78, 5) is 11.7. The number of methoxy groups -OCH3 is 1. The van der Waals surface area contributed by atoms with Gasteiger partial charge in [-0.25, -0.2) is 0 Å². The summed E-state index contributed by atoms with van der Waals surface area (Å²) in [6, 6.07) is 18.2. The minimum atomic E-state index is 0.254. The summed E-state index contributed by atoms with van der Waals surface area (Å²) in [5.41, 5.74) is 3.24. The molecule has 1 aliphatic rings. The van der Waals surface area contributed by atoms with E-state index < -0.39 is 0 Å². The lowest BCUT2D eigenvalue weighted by atomic mass is 10.1. The van der Waals surface area contributed by atoms with Gasteiger partial charge in [0.1, 0.15) is 5.75 Å². The van der Waals surface area contributed by atoms with Crippen LogP contribution in [-0.4, -0.2) is 40.2 Å². The Balaban J connectivity index is 1.30. The fourth-order valence-corrected chi connectivity index (χ4v) is 3.99. The average Bonchev–Trinajstić information content (AvgIpc) is 3.44. The molecule has 0 bridgehead atoms. The van der Waals surface area contributed by atoms with Crippen LogP contribution in [0.5, 0.6) is 5.75 Å². The van der Waals surface area contributed by atoms with Gasteiger partial charge in [0.15, 0.2) is 0 Å². The average molecular weight is 386 g/mol. The molecule has 1 atom stereocenters. The second-order valence-electron chi connectivity index (χ2n) is 7.40. The van der Waals surface area contributed by atoms with Crippen molar-refractivity contribution in [2.75, 3.05) is 20.2 Å². The first kappa shape index (κ1) is 17.8. The molecular weight excluding hydrogens is 364 g/mol. The van der Waals surface area contributed by atoms with Crippen molar-refractivity contribution in [1.29, 1.82) is 0 Å². The molecule has 0 spiro atoms. The molecule has 0 unspecified atom stereocenters. The predicted octanol–water partition coefficient (Wildman–Crippen LogP) is 4.28. The molecule has 0 N–H and O–H groups in total. The maximum atomic E-state index is 5.60. The van der Waals surface area contributed by atoms with Gasteiger partial charge in [0.2, 0.25) is 11.7 Å². The van der Waals surface area contributed by atoms with Crippen molar-refractivity contribution in [2.24, 2.45) is 0 Å². The van der Waals surface area contributed by atoms with Crippen molar-refractivity contribution in [2.45, 2.75) is 18.9 Å². The number of hydrogen-bond donors (Lipinski definition) is 0. The monoisotopic (exact) mass is 386 g/mol. The smallest absolute Gasteiger partial charge is 0.231 e. The lowest BCUT2D eigenvalue weighted by Gasteiger charge is -2.16. The first-order valence-corrected chi connectivity index (χ1v) is 9.83. The Labute approximate surface area is 169 Å². The summed E-state index contributed by atoms with van der Waals surface area (Å²) in [5, 5.41) is 5.37. The van der Waals surface area contributed by atoms with E-state index in [4.69, 9.17) is 9.26 Å². The van der Waals surface area contributed by atoms with Gasteiger partial charge in [0, 0.05) is 30.2 Å². The summed E-state index contributed by atoms with van der Waals surface area (Å²) in [6.45, 7) is 2.79. The van der Waals surface area contributed by atoms with Gasteiger partial charge < -0.3 is 9.26 Å². The molecule has 6 heteroatoms. The highest BCUT2D eigenvalue weighted by Gasteiger charge is 2.29. The Morgan fingerprint density at radius 2 is 2.03 bits per heavy atom. The fraction of sp³-hybridized carbons (Fsp3) is 0.261. The largest absolute Gasteiger partial charge is 0.497 e. The topological polar surface area (TPSA) is 64.3 Å². The zero-order valence-electron chi connectivity index (χ0n) is 16.3. The molecule has 3 heterocycles. The van der Waals surface area contributed by atoms with Gasteiger partial charge in [-0.3, -0.25) is 9.88 Å². The third-order valence-electron chi connectivity index (χ3n) is 5.50. The normalized spacial score (nSPS) is 17.1. The van der Waals surface area contributed by atoms with Gasteiger partial charge >= 0.3 is 0 Å². The number of benzene rings is 2. The maximum absolute atomic E-state index is 5.60. The van der Waals surface area contributed by atoms with E-state index >= 15 is 0 Å². The summed E-state index contributed by atoms with van der Waals surface area (Å²) < 4.78 is 10.9. The molecule has 0 radical (unpaired) electrons. The van der Waals surface area contributed by atoms with E-state index in [1.54, 1.807) is 7.11 Å². The molecule has 4 aromatic rings. The van der Waals surface area contributed by atoms with Crippen LogP contribution in [0.1, 0.15) is 23.8 Å². The quantitative estimate of drug-likeness (QED) is 0.510. The molecule has 146 valence electrons. The SMILES string of the molecule is COc1cccc(-c2noc([C@@H]3CCN(Cc4cccc5cccnc45)C3)n2)c1. The van der Waals surface area contributed by atoms with Crippen molar-refractivity contribution in [3.05, 3.63) is 72.2 Å². The number of aromatic nitrogens is 3. The highest BCUT2D eigenvalue weighted by Crippen LogP contribution is 2.30. The van der Waals surface area contributed by atoms with Gasteiger partial charge in [0.05, 0.1) is 18.5 Å². The van der Waals surface area contributed by atoms with E-state index in [-0.39, 0.29) is 5.92 Å². The highest BCUT2D eigenvalue weighted by molar-refractivity contribution is 5.81. The Bertz CT molecular complexity index is 1140. The van der Waals surface area contributed by atoms with E-state index in [9.17, 15) is 0 Å². The number of hydrogen-bond acceptors (Lipinski definition) is 6. The second-order valence-corrected chi connectivity index (χ2v) is 7.40. The van der Waals surface area contributed by atoms with E-state index in [1.807, 2.05) is 36.5 Å². The third kappa shape index (κ3) is 3.59. The summed E-state index contributed by atoms with van der Waals surface area (Å²) in [7, 11) is 1.65. The van der Waals surface area contributed by atoms with Crippen molar-refractivity contribution >= 4 is 10.9 Å². The molecule has 29 heavy (non-hydrogen) atoms. The Hall–Kier alpha value is -3.25. The minimum absolute atomic E-state index is 0.254. The predicted molar refractivity (Wildman–Crippen MR) is 111 cm³/mol. The number of ether oxygens (including phenoxy) is 1. The van der Waals surface area contributed by atoms with Crippen molar-refractivity contribution < 1.29 is 9.26 Å². The van der Waals surface area contributed by atoms with Crippen molar-refractivity contribution in [3.63, 3.8) is 0 Å². The standard InChI is InChI=1S/C23H22N4O2/c1-28-20-9-3-6-17(13-20)22-25-23(29-26-22)19-10-12-27(15-19)14-18-7-2-5-16-8-4-11-24-21(16)18/h2-9,11,13,19H,10,12,14-15H2,1H3/t19-/m1/s1. The lowest BCUT2D eigenvalue weighted by molar-refractivity contribution is 0.310. The van der Waals surface area contributed by atoms with Crippen molar-refractivity contribution in [1.82, 2.24) is 20.0 Å². The van der Waals surface area contributed by atoms with Crippen LogP contribution in [0.15, 0.2) is 65.3 Å². The van der Waals surface area contributed by atoms with E-state index in [0.29, 0.717) is 11.7 Å². The highest BCUT2D eigenvalue weighted by atomic mass is 16.5. The van der Waals surface area contributed by atoms with Crippen LogP contribution in [-0.2, 0) is 6.54 Å². The van der Waals surface area contributed by atoms with Gasteiger partial charge in [0.25, 0.3) is 0 Å². The molecule has 0 aliphatic carbocycles. The number of pyridine rings is 1. The number of nitrogens with zero attached hydrogens (tertiary/aromatic N) is 4. The van der Waals surface area contributed by atoms with Gasteiger partial charge in [-0.15, -0.1) is 0 Å². The lowest BCUT2D eigenvalue weighted by Crippen LogP contribution is -2.20. The number of para-hydroxylation sites is 1. The van der Waals surface area contributed by atoms with Crippen LogP contribution < -0.4 is 4.74 Å². The number of rotatable bonds is 5. The second kappa shape index (κ2) is 7.64. The van der Waals surface area contributed by atoms with Gasteiger partial charge in [-0.2, -0.15) is 4.98 Å². The minimum Gasteiger partial charge on any atom is -0.497 e. The third-order valence-corrected chi connectivity index (χ3v) is 5.50. The molecule has 1 fully saturated rings. The van der Waals surface area contributed by atoms with Crippen molar-refractivity contribution in [3.8, 4) is 17.1 Å². The molecule has 2 aromatic carbocycles. The fourth-order valence-electron chi connectivity index (χ4n) is 3.99. The summed E-state index contributed by atoms with van der Waals surface area (Å²) in [5.74, 6) is 2.35. The van der Waals surface area contributed by atoms with Crippen LogP contribution in [0, 0.1) is 0 Å². The first-order chi connectivity index (χ1) is 14.3. The Morgan fingerprint density at radius 1 is 1.14 bits per heavy atom. The Morgan fingerprint density at radius 3 is 2.97 bits per heavy atom. The molecule has 1 aliphatic heterocycles. The first-order valence-electron chi connectivity index (χ1n) is 9.83. The van der Waals surface area contributed by atoms with Gasteiger partial charge in [-0.1, -0.05) is 41.6 Å². The molecule has 0 saturated carbocycles.